The van der Waals surface area contributed by atoms with Crippen molar-refractivity contribution in [3.8, 4) is 0 Å². The first-order chi connectivity index (χ1) is 9.44. The number of carbonyl (C=O) groups is 1. The fraction of sp³-hybridized carbons (Fsp3) is 0.667. The highest BCUT2D eigenvalue weighted by atomic mass is 32.1. The van der Waals surface area contributed by atoms with Crippen molar-refractivity contribution >= 4 is 28.0 Å². The highest BCUT2D eigenvalue weighted by Crippen LogP contribution is 2.52. The van der Waals surface area contributed by atoms with Crippen LogP contribution in [0.3, 0.4) is 0 Å². The Labute approximate surface area is 123 Å². The zero-order valence-corrected chi connectivity index (χ0v) is 13.1. The number of hydrogen-bond donors (Lipinski definition) is 2. The Hall–Kier alpha value is -1.23. The van der Waals surface area contributed by atoms with E-state index in [0.29, 0.717) is 16.5 Å². The maximum Gasteiger partial charge on any atom is 0.350 e. The molecule has 2 aliphatic rings. The van der Waals surface area contributed by atoms with Crippen LogP contribution in [0.25, 0.3) is 0 Å². The number of methoxy groups -OCH3 is 1. The van der Waals surface area contributed by atoms with Crippen LogP contribution in [0.15, 0.2) is 0 Å². The SMILES string of the molecule is COC(=O)c1sc(NC(C)(C)C2CC2)c(C2CC2)c1N. The minimum absolute atomic E-state index is 0.0638. The zero-order valence-electron chi connectivity index (χ0n) is 12.3. The molecule has 4 nitrogen and oxygen atoms in total. The standard InChI is InChI=1S/C15H22N2O2S/c1-15(2,9-6-7-9)17-13-10(8-4-5-8)11(16)12(20-13)14(18)19-3/h8-9,17H,4-7,16H2,1-3H3. The Balaban J connectivity index is 1.94. The first-order valence-corrected chi connectivity index (χ1v) is 8.04. The summed E-state index contributed by atoms with van der Waals surface area (Å²) in [5, 5.41) is 4.71. The summed E-state index contributed by atoms with van der Waals surface area (Å²) >= 11 is 1.45. The van der Waals surface area contributed by atoms with E-state index in [0.717, 1.165) is 16.5 Å². The minimum atomic E-state index is -0.327. The largest absolute Gasteiger partial charge is 0.465 e. The molecule has 1 aromatic rings. The molecule has 0 unspecified atom stereocenters. The highest BCUT2D eigenvalue weighted by Gasteiger charge is 2.40. The van der Waals surface area contributed by atoms with E-state index in [1.165, 1.54) is 44.1 Å². The maximum absolute atomic E-state index is 11.8. The molecule has 2 fully saturated rings. The summed E-state index contributed by atoms with van der Waals surface area (Å²) in [6.45, 7) is 4.46. The Bertz CT molecular complexity index is 542. The average Bonchev–Trinajstić information content (AvgIpc) is 3.26. The summed E-state index contributed by atoms with van der Waals surface area (Å²) in [4.78, 5) is 12.4. The fourth-order valence-corrected chi connectivity index (χ4v) is 4.06. The summed E-state index contributed by atoms with van der Waals surface area (Å²) in [5.74, 6) is 0.910. The third-order valence-corrected chi connectivity index (χ3v) is 5.49. The van der Waals surface area contributed by atoms with Crippen molar-refractivity contribution in [2.24, 2.45) is 5.92 Å². The van der Waals surface area contributed by atoms with Gasteiger partial charge in [0.25, 0.3) is 0 Å². The summed E-state index contributed by atoms with van der Waals surface area (Å²) in [6.07, 6.45) is 4.90. The van der Waals surface area contributed by atoms with Crippen LogP contribution in [-0.4, -0.2) is 18.6 Å². The van der Waals surface area contributed by atoms with Crippen LogP contribution in [0.5, 0.6) is 0 Å². The van der Waals surface area contributed by atoms with Gasteiger partial charge in [-0.3, -0.25) is 0 Å². The second kappa shape index (κ2) is 4.65. The van der Waals surface area contributed by atoms with Gasteiger partial charge in [0.05, 0.1) is 17.8 Å². The van der Waals surface area contributed by atoms with E-state index in [2.05, 4.69) is 19.2 Å². The first kappa shape index (κ1) is 13.7. The molecular weight excluding hydrogens is 272 g/mol. The summed E-state index contributed by atoms with van der Waals surface area (Å²) in [7, 11) is 1.40. The lowest BCUT2D eigenvalue weighted by Crippen LogP contribution is -2.33. The van der Waals surface area contributed by atoms with E-state index in [1.54, 1.807) is 0 Å². The van der Waals surface area contributed by atoms with E-state index >= 15 is 0 Å². The van der Waals surface area contributed by atoms with E-state index in [-0.39, 0.29) is 11.5 Å². The molecule has 0 saturated heterocycles. The Morgan fingerprint density at radius 2 is 2.00 bits per heavy atom. The van der Waals surface area contributed by atoms with Gasteiger partial charge >= 0.3 is 5.97 Å². The van der Waals surface area contributed by atoms with Crippen LogP contribution >= 0.6 is 11.3 Å². The molecule has 0 aliphatic heterocycles. The zero-order chi connectivity index (χ0) is 14.5. The van der Waals surface area contributed by atoms with Gasteiger partial charge in [0.2, 0.25) is 0 Å². The normalized spacial score (nSPS) is 18.9. The molecule has 0 aromatic carbocycles. The molecule has 0 spiro atoms. The lowest BCUT2D eigenvalue weighted by atomic mass is 9.98. The van der Waals surface area contributed by atoms with Crippen molar-refractivity contribution < 1.29 is 9.53 Å². The van der Waals surface area contributed by atoms with E-state index in [1.807, 2.05) is 0 Å². The van der Waals surface area contributed by atoms with Crippen molar-refractivity contribution in [1.29, 1.82) is 0 Å². The number of nitrogens with two attached hydrogens (primary N) is 1. The molecule has 0 radical (unpaired) electrons. The van der Waals surface area contributed by atoms with Gasteiger partial charge in [0, 0.05) is 11.1 Å². The third-order valence-electron chi connectivity index (χ3n) is 4.37. The average molecular weight is 294 g/mol. The van der Waals surface area contributed by atoms with Crippen molar-refractivity contribution in [1.82, 2.24) is 0 Å². The molecule has 2 saturated carbocycles. The molecule has 20 heavy (non-hydrogen) atoms. The number of ether oxygens (including phenoxy) is 1. The second-order valence-electron chi connectivity index (χ2n) is 6.47. The van der Waals surface area contributed by atoms with Gasteiger partial charge in [-0.15, -0.1) is 11.3 Å². The molecule has 1 aromatic heterocycles. The monoisotopic (exact) mass is 294 g/mol. The predicted molar refractivity (Wildman–Crippen MR) is 82.5 cm³/mol. The molecular formula is C15H22N2O2S. The van der Waals surface area contributed by atoms with Gasteiger partial charge in [-0.2, -0.15) is 0 Å². The van der Waals surface area contributed by atoms with Crippen molar-refractivity contribution in [3.63, 3.8) is 0 Å². The number of nitrogen functional groups attached to an aromatic ring is 1. The number of thiophene rings is 1. The quantitative estimate of drug-likeness (QED) is 0.814. The molecule has 3 rings (SSSR count). The van der Waals surface area contributed by atoms with E-state index in [4.69, 9.17) is 10.5 Å². The van der Waals surface area contributed by atoms with Crippen LogP contribution in [0.1, 0.15) is 60.7 Å². The highest BCUT2D eigenvalue weighted by molar-refractivity contribution is 7.18. The van der Waals surface area contributed by atoms with Crippen LogP contribution in [0.4, 0.5) is 10.7 Å². The van der Waals surface area contributed by atoms with Gasteiger partial charge in [-0.1, -0.05) is 0 Å². The number of esters is 1. The molecule has 110 valence electrons. The molecule has 0 atom stereocenters. The molecule has 2 aliphatic carbocycles. The Morgan fingerprint density at radius 3 is 2.50 bits per heavy atom. The lowest BCUT2D eigenvalue weighted by Gasteiger charge is -2.27. The van der Waals surface area contributed by atoms with Gasteiger partial charge in [0.15, 0.2) is 0 Å². The van der Waals surface area contributed by atoms with Gasteiger partial charge < -0.3 is 15.8 Å². The van der Waals surface area contributed by atoms with Crippen molar-refractivity contribution in [3.05, 3.63) is 10.4 Å². The minimum Gasteiger partial charge on any atom is -0.465 e. The number of hydrogen-bond acceptors (Lipinski definition) is 5. The van der Waals surface area contributed by atoms with Crippen LogP contribution in [-0.2, 0) is 4.74 Å². The predicted octanol–water partition coefficient (Wildman–Crippen LogP) is 3.59. The van der Waals surface area contributed by atoms with E-state index < -0.39 is 0 Å². The first-order valence-electron chi connectivity index (χ1n) is 7.22. The lowest BCUT2D eigenvalue weighted by molar-refractivity contribution is 0.0607. The summed E-state index contributed by atoms with van der Waals surface area (Å²) in [5.41, 5.74) is 8.03. The molecule has 3 N–H and O–H groups in total. The molecule has 0 amide bonds. The van der Waals surface area contributed by atoms with Gasteiger partial charge in [-0.25, -0.2) is 4.79 Å². The molecule has 0 bridgehead atoms. The summed E-state index contributed by atoms with van der Waals surface area (Å²) < 4.78 is 4.84. The van der Waals surface area contributed by atoms with Crippen molar-refractivity contribution in [2.75, 3.05) is 18.2 Å². The fourth-order valence-electron chi connectivity index (χ4n) is 2.77. The number of carbonyl (C=O) groups excluding carboxylic acids is 1. The third kappa shape index (κ3) is 2.39. The van der Waals surface area contributed by atoms with Gasteiger partial charge in [0.1, 0.15) is 4.88 Å². The number of nitrogens with one attached hydrogen (secondary N) is 1. The Kier molecular flexibility index (Phi) is 3.20. The maximum atomic E-state index is 11.8. The molecule has 1 heterocycles. The topological polar surface area (TPSA) is 64.3 Å². The second-order valence-corrected chi connectivity index (χ2v) is 7.50. The van der Waals surface area contributed by atoms with Crippen LogP contribution < -0.4 is 11.1 Å². The van der Waals surface area contributed by atoms with Crippen molar-refractivity contribution in [2.45, 2.75) is 51.0 Å². The number of anilines is 2. The molecule has 5 heteroatoms. The smallest absolute Gasteiger partial charge is 0.350 e. The van der Waals surface area contributed by atoms with E-state index in [9.17, 15) is 4.79 Å². The summed E-state index contributed by atoms with van der Waals surface area (Å²) in [6, 6.07) is 0. The Morgan fingerprint density at radius 1 is 1.35 bits per heavy atom. The number of rotatable bonds is 5. The van der Waals surface area contributed by atoms with Crippen LogP contribution in [0, 0.1) is 5.92 Å². The van der Waals surface area contributed by atoms with Crippen LogP contribution in [0.2, 0.25) is 0 Å². The van der Waals surface area contributed by atoms with Gasteiger partial charge in [-0.05, 0) is 51.4 Å².